The molecule has 0 saturated heterocycles. The van der Waals surface area contributed by atoms with E-state index in [0.29, 0.717) is 24.7 Å². The first kappa shape index (κ1) is 14.2. The molecule has 0 radical (unpaired) electrons. The van der Waals surface area contributed by atoms with Gasteiger partial charge in [0.1, 0.15) is 5.82 Å². The third-order valence-electron chi connectivity index (χ3n) is 2.50. The van der Waals surface area contributed by atoms with Crippen molar-refractivity contribution in [3.8, 4) is 17.4 Å². The molecule has 0 aliphatic carbocycles. The maximum atomic E-state index is 13.8. The molecule has 0 spiro atoms. The van der Waals surface area contributed by atoms with Gasteiger partial charge in [-0.15, -0.1) is 0 Å². The minimum atomic E-state index is -0.373. The van der Waals surface area contributed by atoms with Crippen LogP contribution in [0.2, 0.25) is 0 Å². The van der Waals surface area contributed by atoms with E-state index in [1.165, 1.54) is 6.07 Å². The average molecular weight is 276 g/mol. The van der Waals surface area contributed by atoms with Crippen LogP contribution in [0.3, 0.4) is 0 Å². The van der Waals surface area contributed by atoms with Crippen molar-refractivity contribution in [2.75, 3.05) is 18.5 Å². The molecule has 1 aromatic heterocycles. The first-order chi connectivity index (χ1) is 9.74. The quantitative estimate of drug-likeness (QED) is 0.879. The standard InChI is InChI=1S/C14H17FN4O/c1-3-9-20-14-18-12(17-13(19-14)16-4-2)10-7-5-6-8-11(10)15/h5-8H,3-4,9H2,1-2H3,(H,16,17,18,19). The Morgan fingerprint density at radius 2 is 1.95 bits per heavy atom. The topological polar surface area (TPSA) is 59.9 Å². The largest absolute Gasteiger partial charge is 0.463 e. The molecule has 20 heavy (non-hydrogen) atoms. The van der Waals surface area contributed by atoms with Crippen molar-refractivity contribution in [3.05, 3.63) is 30.1 Å². The fourth-order valence-electron chi connectivity index (χ4n) is 1.61. The van der Waals surface area contributed by atoms with Gasteiger partial charge in [-0.3, -0.25) is 0 Å². The Labute approximate surface area is 117 Å². The number of nitrogens with one attached hydrogen (secondary N) is 1. The lowest BCUT2D eigenvalue weighted by Gasteiger charge is -2.08. The SMILES string of the molecule is CCCOc1nc(NCC)nc(-c2ccccc2F)n1. The first-order valence-electron chi connectivity index (χ1n) is 6.62. The second-order valence-electron chi connectivity index (χ2n) is 4.12. The number of hydrogen-bond acceptors (Lipinski definition) is 5. The Balaban J connectivity index is 2.40. The van der Waals surface area contributed by atoms with Crippen LogP contribution >= 0.6 is 0 Å². The van der Waals surface area contributed by atoms with Gasteiger partial charge in [-0.05, 0) is 25.5 Å². The third-order valence-corrected chi connectivity index (χ3v) is 2.50. The van der Waals surface area contributed by atoms with Gasteiger partial charge in [0.2, 0.25) is 5.95 Å². The highest BCUT2D eigenvalue weighted by atomic mass is 19.1. The lowest BCUT2D eigenvalue weighted by Crippen LogP contribution is -2.08. The summed E-state index contributed by atoms with van der Waals surface area (Å²) < 4.78 is 19.2. The predicted octanol–water partition coefficient (Wildman–Crippen LogP) is 2.90. The van der Waals surface area contributed by atoms with E-state index in [0.717, 1.165) is 6.42 Å². The van der Waals surface area contributed by atoms with Crippen LogP contribution in [0, 0.1) is 5.82 Å². The number of nitrogens with zero attached hydrogens (tertiary/aromatic N) is 3. The molecule has 5 nitrogen and oxygen atoms in total. The Kier molecular flexibility index (Phi) is 4.81. The summed E-state index contributed by atoms with van der Waals surface area (Å²) in [5.41, 5.74) is 0.329. The van der Waals surface area contributed by atoms with E-state index in [9.17, 15) is 4.39 Å². The highest BCUT2D eigenvalue weighted by molar-refractivity contribution is 5.57. The van der Waals surface area contributed by atoms with Crippen molar-refractivity contribution in [1.82, 2.24) is 15.0 Å². The molecule has 2 rings (SSSR count). The van der Waals surface area contributed by atoms with Gasteiger partial charge in [-0.1, -0.05) is 19.1 Å². The minimum absolute atomic E-state index is 0.205. The van der Waals surface area contributed by atoms with Gasteiger partial charge in [0.05, 0.1) is 12.2 Å². The van der Waals surface area contributed by atoms with Crippen LogP contribution in [0.4, 0.5) is 10.3 Å². The summed E-state index contributed by atoms with van der Waals surface area (Å²) in [6.45, 7) is 5.09. The van der Waals surface area contributed by atoms with Gasteiger partial charge < -0.3 is 10.1 Å². The Hall–Kier alpha value is -2.24. The van der Waals surface area contributed by atoms with Crippen LogP contribution in [0.15, 0.2) is 24.3 Å². The molecule has 0 atom stereocenters. The minimum Gasteiger partial charge on any atom is -0.463 e. The maximum absolute atomic E-state index is 13.8. The summed E-state index contributed by atoms with van der Waals surface area (Å²) in [5.74, 6) is 0.273. The van der Waals surface area contributed by atoms with E-state index in [4.69, 9.17) is 4.74 Å². The Morgan fingerprint density at radius 3 is 2.65 bits per heavy atom. The predicted molar refractivity (Wildman–Crippen MR) is 75.2 cm³/mol. The summed E-state index contributed by atoms with van der Waals surface area (Å²) in [7, 11) is 0. The molecule has 2 aromatic rings. The molecule has 0 aliphatic rings. The van der Waals surface area contributed by atoms with Crippen molar-refractivity contribution in [3.63, 3.8) is 0 Å². The molecule has 1 aromatic carbocycles. The van der Waals surface area contributed by atoms with Gasteiger partial charge in [0.15, 0.2) is 5.82 Å². The number of rotatable bonds is 6. The van der Waals surface area contributed by atoms with Crippen LogP contribution in [-0.2, 0) is 0 Å². The highest BCUT2D eigenvalue weighted by Crippen LogP contribution is 2.21. The third kappa shape index (κ3) is 3.40. The van der Waals surface area contributed by atoms with Gasteiger partial charge in [-0.25, -0.2) is 4.39 Å². The zero-order chi connectivity index (χ0) is 14.4. The molecule has 1 N–H and O–H groups in total. The molecule has 0 amide bonds. The van der Waals surface area contributed by atoms with Crippen LogP contribution in [0.1, 0.15) is 20.3 Å². The normalized spacial score (nSPS) is 10.3. The van der Waals surface area contributed by atoms with Gasteiger partial charge in [-0.2, -0.15) is 15.0 Å². The molecular formula is C14H17FN4O. The number of halogens is 1. The second kappa shape index (κ2) is 6.79. The summed E-state index contributed by atoms with van der Waals surface area (Å²) in [5, 5.41) is 2.99. The zero-order valence-electron chi connectivity index (χ0n) is 11.6. The Morgan fingerprint density at radius 1 is 1.15 bits per heavy atom. The number of anilines is 1. The van der Waals surface area contributed by atoms with E-state index in [-0.39, 0.29) is 17.7 Å². The van der Waals surface area contributed by atoms with E-state index >= 15 is 0 Å². The van der Waals surface area contributed by atoms with Gasteiger partial charge in [0.25, 0.3) is 0 Å². The maximum Gasteiger partial charge on any atom is 0.321 e. The summed E-state index contributed by atoms with van der Waals surface area (Å²) >= 11 is 0. The van der Waals surface area contributed by atoms with Crippen LogP contribution in [-0.4, -0.2) is 28.1 Å². The molecule has 0 saturated carbocycles. The lowest BCUT2D eigenvalue weighted by atomic mass is 10.2. The van der Waals surface area contributed by atoms with Crippen molar-refractivity contribution in [2.45, 2.75) is 20.3 Å². The summed E-state index contributed by atoms with van der Waals surface area (Å²) in [6, 6.07) is 6.57. The molecule has 0 aliphatic heterocycles. The van der Waals surface area contributed by atoms with Gasteiger partial charge in [0, 0.05) is 6.54 Å². The number of benzene rings is 1. The fraction of sp³-hybridized carbons (Fsp3) is 0.357. The zero-order valence-corrected chi connectivity index (χ0v) is 11.6. The molecule has 1 heterocycles. The fourth-order valence-corrected chi connectivity index (χ4v) is 1.61. The van der Waals surface area contributed by atoms with Crippen molar-refractivity contribution in [2.24, 2.45) is 0 Å². The van der Waals surface area contributed by atoms with E-state index in [1.807, 2.05) is 13.8 Å². The van der Waals surface area contributed by atoms with Crippen LogP contribution < -0.4 is 10.1 Å². The van der Waals surface area contributed by atoms with Crippen molar-refractivity contribution in [1.29, 1.82) is 0 Å². The van der Waals surface area contributed by atoms with E-state index < -0.39 is 0 Å². The molecule has 0 bridgehead atoms. The summed E-state index contributed by atoms with van der Waals surface area (Å²) in [4.78, 5) is 12.5. The number of hydrogen-bond donors (Lipinski definition) is 1. The second-order valence-corrected chi connectivity index (χ2v) is 4.12. The average Bonchev–Trinajstić information content (AvgIpc) is 2.46. The monoisotopic (exact) mass is 276 g/mol. The van der Waals surface area contributed by atoms with Crippen LogP contribution in [0.25, 0.3) is 11.4 Å². The summed E-state index contributed by atoms with van der Waals surface area (Å²) in [6.07, 6.45) is 0.844. The molecule has 0 unspecified atom stereocenters. The number of ether oxygens (including phenoxy) is 1. The van der Waals surface area contributed by atoms with Crippen LogP contribution in [0.5, 0.6) is 6.01 Å². The van der Waals surface area contributed by atoms with Crippen molar-refractivity contribution >= 4 is 5.95 Å². The number of aromatic nitrogens is 3. The molecule has 0 fully saturated rings. The van der Waals surface area contributed by atoms with E-state index in [1.54, 1.807) is 18.2 Å². The molecular weight excluding hydrogens is 259 g/mol. The van der Waals surface area contributed by atoms with Gasteiger partial charge >= 0.3 is 6.01 Å². The first-order valence-corrected chi connectivity index (χ1v) is 6.62. The smallest absolute Gasteiger partial charge is 0.321 e. The highest BCUT2D eigenvalue weighted by Gasteiger charge is 2.12. The molecule has 106 valence electrons. The van der Waals surface area contributed by atoms with Crippen molar-refractivity contribution < 1.29 is 9.13 Å². The molecule has 6 heteroatoms. The Bertz CT molecular complexity index is 577. The van der Waals surface area contributed by atoms with E-state index in [2.05, 4.69) is 20.3 Å². The lowest BCUT2D eigenvalue weighted by molar-refractivity contribution is 0.292.